The first kappa shape index (κ1) is 84.6. The van der Waals surface area contributed by atoms with Gasteiger partial charge in [0.05, 0.1) is 27.9 Å². The van der Waals surface area contributed by atoms with Crippen molar-refractivity contribution in [2.24, 2.45) is 0 Å². The second kappa shape index (κ2) is 37.6. The van der Waals surface area contributed by atoms with Crippen molar-refractivity contribution >= 4 is 27.9 Å². The van der Waals surface area contributed by atoms with Gasteiger partial charge in [-0.2, -0.15) is 65.9 Å². The summed E-state index contributed by atoms with van der Waals surface area (Å²) < 4.78 is 239. The third-order valence-corrected chi connectivity index (χ3v) is 13.4. The highest BCUT2D eigenvalue weighted by Crippen LogP contribution is 2.42. The molecule has 10 nitrogen and oxygen atoms in total. The molecule has 0 aliphatic heterocycles. The SMILES string of the molecule is C=C(c1ccc(OCOC)c(C(C)(C)C)c1)C(F)(F)F.C=C(c1ccc(OCOC)c(C(C)(C)CC)c1)C(F)(F)F.C=C(c1ccc(OCOC)c(C(C)C)c1)C(F)(F)F.C=C(c1ccc(OCOC)c(CC)c1)C(F)(F)F.C=C(c1ccc(OCOC)cc1)C(F)(F)F. The molecule has 0 heterocycles. The Bertz CT molecular complexity index is 3210. The lowest BCUT2D eigenvalue weighted by atomic mass is 9.80. The average Bonchev–Trinajstić information content (AvgIpc) is 0.825. The number of methoxy groups -OCH3 is 5. The van der Waals surface area contributed by atoms with Gasteiger partial charge >= 0.3 is 30.9 Å². The molecule has 0 amide bonds. The smallest absolute Gasteiger partial charge is 0.416 e. The Hall–Kier alpha value is -7.45. The first-order valence-corrected chi connectivity index (χ1v) is 28.4. The van der Waals surface area contributed by atoms with Gasteiger partial charge in [-0.25, -0.2) is 0 Å². The highest BCUT2D eigenvalue weighted by molar-refractivity contribution is 5.72. The van der Waals surface area contributed by atoms with Crippen LogP contribution in [0.4, 0.5) is 65.9 Å². The fourth-order valence-electron chi connectivity index (χ4n) is 7.68. The topological polar surface area (TPSA) is 92.3 Å². The van der Waals surface area contributed by atoms with Gasteiger partial charge < -0.3 is 47.4 Å². The average molecular weight is 1360 g/mol. The van der Waals surface area contributed by atoms with E-state index in [1.54, 1.807) is 0 Å². The minimum atomic E-state index is -4.44. The summed E-state index contributed by atoms with van der Waals surface area (Å²) >= 11 is 0. The molecule has 5 aromatic carbocycles. The summed E-state index contributed by atoms with van der Waals surface area (Å²) in [4.78, 5) is 0. The van der Waals surface area contributed by atoms with Gasteiger partial charge in [0, 0.05) is 46.7 Å². The van der Waals surface area contributed by atoms with Crippen LogP contribution >= 0.6 is 0 Å². The van der Waals surface area contributed by atoms with Crippen LogP contribution < -0.4 is 23.7 Å². The maximum Gasteiger partial charge on any atom is 0.416 e. The standard InChI is InChI=1S/C16H21F3O2.C15H19F3O2.C14H17F3O2.C13H15F3O2.C11H11F3O2/c1-6-15(3,4)13-9-12(11(2)16(17,18)19)7-8-14(13)21-10-20-5;1-10(15(16,17)18)11-6-7-13(20-9-19-5)12(8-11)14(2,3)4;1-9(2)12-7-11(10(3)14(15,16)17)5-6-13(12)19-8-18-4;1-4-10-7-11(9(2)13(14,15)16)5-6-12(10)18-8-17-3;1-8(11(12,13)14)9-3-5-10(6-4-9)16-7-15-2/h7-9H,2,6,10H2,1,3-5H3;6-8H,1,9H2,2-5H3;5-7,9H,3,8H2,1-2,4H3;5-7H,2,4,8H2,1,3H3;3-6H,1,7H2,2H3. The lowest BCUT2D eigenvalue weighted by Crippen LogP contribution is -2.19. The second-order valence-corrected chi connectivity index (χ2v) is 22.2. The number of rotatable bonds is 24. The summed E-state index contributed by atoms with van der Waals surface area (Å²) in [5.74, 6) is 2.57. The molecule has 0 atom stereocenters. The van der Waals surface area contributed by atoms with Crippen molar-refractivity contribution < 1.29 is 113 Å². The van der Waals surface area contributed by atoms with Gasteiger partial charge in [0.1, 0.15) is 28.7 Å². The molecule has 0 saturated heterocycles. The summed E-state index contributed by atoms with van der Waals surface area (Å²) in [5, 5.41) is 0. The maximum absolute atomic E-state index is 12.8. The lowest BCUT2D eigenvalue weighted by Gasteiger charge is -2.27. The van der Waals surface area contributed by atoms with Gasteiger partial charge in [0.25, 0.3) is 0 Å². The summed E-state index contributed by atoms with van der Waals surface area (Å²) in [6, 6.07) is 22.9. The third-order valence-electron chi connectivity index (χ3n) is 13.4. The zero-order valence-corrected chi connectivity index (χ0v) is 55.1. The Balaban J connectivity index is 0.000000589. The van der Waals surface area contributed by atoms with Crippen LogP contribution in [0, 0.1) is 0 Å². The minimum absolute atomic E-state index is 0.0252. The molecule has 0 aromatic heterocycles. The number of aryl methyl sites for hydroxylation is 1. The van der Waals surface area contributed by atoms with Crippen molar-refractivity contribution in [3.05, 3.63) is 180 Å². The number of allylic oxidation sites excluding steroid dienone is 5. The first-order chi connectivity index (χ1) is 43.3. The van der Waals surface area contributed by atoms with Crippen LogP contribution in [0.15, 0.2) is 130 Å². The molecule has 0 radical (unpaired) electrons. The van der Waals surface area contributed by atoms with E-state index in [0.717, 1.165) is 6.42 Å². The fourth-order valence-corrected chi connectivity index (χ4v) is 7.68. The Morgan fingerprint density at radius 1 is 0.362 bits per heavy atom. The van der Waals surface area contributed by atoms with E-state index in [4.69, 9.17) is 42.6 Å². The highest BCUT2D eigenvalue weighted by atomic mass is 19.4. The monoisotopic (exact) mass is 1360 g/mol. The van der Waals surface area contributed by atoms with E-state index in [1.165, 1.54) is 133 Å². The van der Waals surface area contributed by atoms with Crippen molar-refractivity contribution in [1.29, 1.82) is 0 Å². The maximum atomic E-state index is 12.8. The molecular formula is C69H83F15O10. The van der Waals surface area contributed by atoms with E-state index in [1.807, 2.05) is 62.3 Å². The molecule has 0 aliphatic carbocycles. The van der Waals surface area contributed by atoms with E-state index in [9.17, 15) is 65.9 Å². The van der Waals surface area contributed by atoms with Crippen LogP contribution in [-0.4, -0.2) is 100 Å². The van der Waals surface area contributed by atoms with Gasteiger partial charge in [-0.15, -0.1) is 0 Å². The second-order valence-electron chi connectivity index (χ2n) is 22.2. The van der Waals surface area contributed by atoms with Crippen LogP contribution in [-0.2, 0) is 40.9 Å². The van der Waals surface area contributed by atoms with Crippen molar-refractivity contribution in [3.8, 4) is 28.7 Å². The summed E-state index contributed by atoms with van der Waals surface area (Å²) in [7, 11) is 7.39. The number of hydrogen-bond acceptors (Lipinski definition) is 10. The minimum Gasteiger partial charge on any atom is -0.468 e. The van der Waals surface area contributed by atoms with Gasteiger partial charge in [-0.05, 0) is 129 Å². The van der Waals surface area contributed by atoms with Crippen LogP contribution in [0.25, 0.3) is 27.9 Å². The van der Waals surface area contributed by atoms with Crippen molar-refractivity contribution in [1.82, 2.24) is 0 Å². The summed E-state index contributed by atoms with van der Waals surface area (Å²) in [6.07, 6.45) is -20.8. The van der Waals surface area contributed by atoms with E-state index in [2.05, 4.69) is 37.6 Å². The van der Waals surface area contributed by atoms with Crippen LogP contribution in [0.5, 0.6) is 28.7 Å². The molecule has 0 bridgehead atoms. The first-order valence-electron chi connectivity index (χ1n) is 28.4. The quantitative estimate of drug-likeness (QED) is 0.0439. The lowest BCUT2D eigenvalue weighted by molar-refractivity contribution is -0.0695. The number of hydrogen-bond donors (Lipinski definition) is 0. The number of ether oxygens (including phenoxy) is 10. The predicted molar refractivity (Wildman–Crippen MR) is 336 cm³/mol. The Labute approximate surface area is 540 Å². The van der Waals surface area contributed by atoms with Gasteiger partial charge in [-0.3, -0.25) is 0 Å². The third kappa shape index (κ3) is 27.9. The zero-order valence-electron chi connectivity index (χ0n) is 55.1. The van der Waals surface area contributed by atoms with Crippen molar-refractivity contribution in [2.75, 3.05) is 69.5 Å². The van der Waals surface area contributed by atoms with Gasteiger partial charge in [-0.1, -0.05) is 132 Å². The van der Waals surface area contributed by atoms with Gasteiger partial charge in [0.15, 0.2) is 34.0 Å². The zero-order chi connectivity index (χ0) is 72.4. The van der Waals surface area contributed by atoms with E-state index < -0.39 is 58.7 Å². The Morgan fingerprint density at radius 2 is 0.649 bits per heavy atom. The molecule has 0 spiro atoms. The fraction of sp³-hybridized carbons (Fsp3) is 0.420. The molecule has 94 heavy (non-hydrogen) atoms. The normalized spacial score (nSPS) is 11.9. The largest absolute Gasteiger partial charge is 0.468 e. The molecule has 5 aromatic rings. The molecule has 25 heteroatoms. The number of benzene rings is 5. The molecular weight excluding hydrogens is 1270 g/mol. The van der Waals surface area contributed by atoms with E-state index >= 15 is 0 Å². The van der Waals surface area contributed by atoms with Gasteiger partial charge in [0.2, 0.25) is 0 Å². The number of halogens is 15. The van der Waals surface area contributed by atoms with E-state index in [0.29, 0.717) is 57.4 Å². The molecule has 524 valence electrons. The van der Waals surface area contributed by atoms with E-state index in [-0.39, 0.29) is 78.5 Å². The molecule has 0 unspecified atom stereocenters. The van der Waals surface area contributed by atoms with Crippen LogP contribution in [0.2, 0.25) is 0 Å². The summed E-state index contributed by atoms with van der Waals surface area (Å²) in [6.45, 7) is 32.9. The number of alkyl halides is 15. The molecule has 0 saturated carbocycles. The van der Waals surface area contributed by atoms with Crippen LogP contribution in [0.3, 0.4) is 0 Å². The Morgan fingerprint density at radius 3 is 0.989 bits per heavy atom. The van der Waals surface area contributed by atoms with Crippen molar-refractivity contribution in [2.45, 2.75) is 123 Å². The molecule has 5 rings (SSSR count). The molecule has 0 fully saturated rings. The van der Waals surface area contributed by atoms with Crippen LogP contribution in [0.1, 0.15) is 125 Å². The Kier molecular flexibility index (Phi) is 33.8. The highest BCUT2D eigenvalue weighted by Gasteiger charge is 2.37. The molecule has 0 aliphatic rings. The van der Waals surface area contributed by atoms with Crippen molar-refractivity contribution in [3.63, 3.8) is 0 Å². The predicted octanol–water partition coefficient (Wildman–Crippen LogP) is 20.9. The summed E-state index contributed by atoms with van der Waals surface area (Å²) in [5.41, 5.74) is -1.93. The molecule has 0 N–H and O–H groups in total.